The number of nitrogens with zero attached hydrogens (tertiary/aromatic N) is 2. The molecule has 5 nitrogen and oxygen atoms in total. The van der Waals surface area contributed by atoms with Crippen LogP contribution in [0.15, 0.2) is 30.3 Å². The summed E-state index contributed by atoms with van der Waals surface area (Å²) in [5, 5.41) is 8.99. The Hall–Kier alpha value is -1.88. The van der Waals surface area contributed by atoms with Gasteiger partial charge in [0, 0.05) is 19.6 Å². The summed E-state index contributed by atoms with van der Waals surface area (Å²) in [7, 11) is 0. The minimum atomic E-state index is -0.762. The van der Waals surface area contributed by atoms with Crippen LogP contribution in [0.3, 0.4) is 0 Å². The number of hydrogen-bond donors (Lipinski definition) is 1. The predicted molar refractivity (Wildman–Crippen MR) is 79.7 cm³/mol. The number of hydrogen-bond acceptors (Lipinski definition) is 3. The highest BCUT2D eigenvalue weighted by atomic mass is 16.4. The quantitative estimate of drug-likeness (QED) is 0.861. The number of aliphatic carboxylic acids is 1. The molecule has 1 aromatic rings. The Morgan fingerprint density at radius 2 is 2.05 bits per heavy atom. The first-order chi connectivity index (χ1) is 10.1. The van der Waals surface area contributed by atoms with E-state index in [4.69, 9.17) is 5.11 Å². The van der Waals surface area contributed by atoms with Crippen LogP contribution in [0.5, 0.6) is 0 Å². The van der Waals surface area contributed by atoms with Gasteiger partial charge in [0.25, 0.3) is 0 Å². The summed E-state index contributed by atoms with van der Waals surface area (Å²) in [6.07, 6.45) is 0.632. The molecule has 0 radical (unpaired) electrons. The van der Waals surface area contributed by atoms with Gasteiger partial charge in [0.1, 0.15) is 0 Å². The first-order valence-electron chi connectivity index (χ1n) is 7.37. The van der Waals surface area contributed by atoms with E-state index in [9.17, 15) is 9.59 Å². The van der Waals surface area contributed by atoms with Crippen LogP contribution in [0.25, 0.3) is 0 Å². The van der Waals surface area contributed by atoms with Crippen molar-refractivity contribution in [1.29, 1.82) is 0 Å². The fraction of sp³-hybridized carbons (Fsp3) is 0.500. The molecule has 5 heteroatoms. The van der Waals surface area contributed by atoms with E-state index < -0.39 is 5.97 Å². The molecule has 0 saturated carbocycles. The zero-order valence-electron chi connectivity index (χ0n) is 12.4. The number of carboxylic acid groups (broad SMARTS) is 1. The lowest BCUT2D eigenvalue weighted by Crippen LogP contribution is -2.39. The second-order valence-corrected chi connectivity index (χ2v) is 5.45. The van der Waals surface area contributed by atoms with Crippen LogP contribution in [-0.4, -0.2) is 53.0 Å². The maximum Gasteiger partial charge on any atom is 0.307 e. The highest BCUT2D eigenvalue weighted by Gasteiger charge is 2.29. The average Bonchev–Trinajstić information content (AvgIpc) is 2.94. The van der Waals surface area contributed by atoms with E-state index in [1.807, 2.05) is 47.1 Å². The summed E-state index contributed by atoms with van der Waals surface area (Å²) >= 11 is 0. The number of carbonyl (C=O) groups excluding carboxylic acids is 1. The van der Waals surface area contributed by atoms with E-state index in [-0.39, 0.29) is 11.8 Å². The number of benzene rings is 1. The lowest BCUT2D eigenvalue weighted by Gasteiger charge is -2.24. The van der Waals surface area contributed by atoms with Crippen LogP contribution in [0.2, 0.25) is 0 Å². The third kappa shape index (κ3) is 4.29. The summed E-state index contributed by atoms with van der Waals surface area (Å²) in [4.78, 5) is 27.0. The molecular weight excluding hydrogens is 268 g/mol. The van der Waals surface area contributed by atoms with Gasteiger partial charge < -0.3 is 10.0 Å². The van der Waals surface area contributed by atoms with E-state index in [1.165, 1.54) is 0 Å². The summed E-state index contributed by atoms with van der Waals surface area (Å²) in [6.45, 7) is 4.70. The van der Waals surface area contributed by atoms with Gasteiger partial charge in [-0.25, -0.2) is 0 Å². The van der Waals surface area contributed by atoms with Crippen LogP contribution < -0.4 is 0 Å². The van der Waals surface area contributed by atoms with Gasteiger partial charge in [-0.3, -0.25) is 14.5 Å². The van der Waals surface area contributed by atoms with Crippen molar-refractivity contribution in [2.45, 2.75) is 19.9 Å². The van der Waals surface area contributed by atoms with Crippen LogP contribution in [0.1, 0.15) is 18.9 Å². The molecular formula is C16H22N2O3. The van der Waals surface area contributed by atoms with E-state index in [1.54, 1.807) is 0 Å². The molecule has 0 bridgehead atoms. The fourth-order valence-corrected chi connectivity index (χ4v) is 2.65. The van der Waals surface area contributed by atoms with Gasteiger partial charge in [0.05, 0.1) is 12.5 Å². The Labute approximate surface area is 125 Å². The van der Waals surface area contributed by atoms with E-state index in [0.29, 0.717) is 39.1 Å². The van der Waals surface area contributed by atoms with Crippen LogP contribution >= 0.6 is 0 Å². The van der Waals surface area contributed by atoms with Gasteiger partial charge in [-0.1, -0.05) is 30.3 Å². The SMILES string of the molecule is CCN(Cc1ccccc1)C(=O)CN1CC[C@@H](C(=O)O)C1. The number of rotatable bonds is 6. The highest BCUT2D eigenvalue weighted by molar-refractivity contribution is 5.78. The molecule has 0 aromatic heterocycles. The molecule has 1 heterocycles. The number of carboxylic acids is 1. The third-order valence-corrected chi connectivity index (χ3v) is 3.93. The number of carbonyl (C=O) groups is 2. The second kappa shape index (κ2) is 7.22. The summed E-state index contributed by atoms with van der Waals surface area (Å²) < 4.78 is 0. The third-order valence-electron chi connectivity index (χ3n) is 3.93. The largest absolute Gasteiger partial charge is 0.481 e. The molecule has 2 rings (SSSR count). The molecule has 1 saturated heterocycles. The van der Waals surface area contributed by atoms with E-state index >= 15 is 0 Å². The molecule has 0 aliphatic carbocycles. The lowest BCUT2D eigenvalue weighted by molar-refractivity contribution is -0.141. The minimum Gasteiger partial charge on any atom is -0.481 e. The van der Waals surface area contributed by atoms with Crippen LogP contribution in [-0.2, 0) is 16.1 Å². The predicted octanol–water partition coefficient (Wildman–Crippen LogP) is 1.44. The van der Waals surface area contributed by atoms with Crippen molar-refractivity contribution in [3.05, 3.63) is 35.9 Å². The molecule has 1 aliphatic rings. The maximum absolute atomic E-state index is 12.3. The summed E-state index contributed by atoms with van der Waals surface area (Å²) in [5.74, 6) is -1.03. The van der Waals surface area contributed by atoms with E-state index in [0.717, 1.165) is 5.56 Å². The molecule has 1 aliphatic heterocycles. The molecule has 1 atom stereocenters. The van der Waals surface area contributed by atoms with Crippen molar-refractivity contribution >= 4 is 11.9 Å². The van der Waals surface area contributed by atoms with Crippen molar-refractivity contribution in [3.63, 3.8) is 0 Å². The van der Waals surface area contributed by atoms with Gasteiger partial charge in [0.2, 0.25) is 5.91 Å². The Balaban J connectivity index is 1.88. The molecule has 114 valence electrons. The normalized spacial score (nSPS) is 18.6. The highest BCUT2D eigenvalue weighted by Crippen LogP contribution is 2.16. The number of amides is 1. The molecule has 1 amide bonds. The molecule has 1 aromatic carbocycles. The second-order valence-electron chi connectivity index (χ2n) is 5.45. The molecule has 1 fully saturated rings. The van der Waals surface area contributed by atoms with Gasteiger partial charge in [-0.2, -0.15) is 0 Å². The summed E-state index contributed by atoms with van der Waals surface area (Å²) in [5.41, 5.74) is 1.11. The standard InChI is InChI=1S/C16H22N2O3/c1-2-18(10-13-6-4-3-5-7-13)15(19)12-17-9-8-14(11-17)16(20)21/h3-7,14H,2,8-12H2,1H3,(H,20,21)/t14-/m1/s1. The molecule has 0 unspecified atom stereocenters. The van der Waals surface area contributed by atoms with Gasteiger partial charge in [-0.15, -0.1) is 0 Å². The van der Waals surface area contributed by atoms with Crippen LogP contribution in [0.4, 0.5) is 0 Å². The van der Waals surface area contributed by atoms with Crippen molar-refractivity contribution in [2.75, 3.05) is 26.2 Å². The molecule has 1 N–H and O–H groups in total. The average molecular weight is 290 g/mol. The number of likely N-dealkylation sites (N-methyl/N-ethyl adjacent to an activating group) is 1. The topological polar surface area (TPSA) is 60.9 Å². The molecule has 0 spiro atoms. The van der Waals surface area contributed by atoms with Gasteiger partial charge in [-0.05, 0) is 25.5 Å². The van der Waals surface area contributed by atoms with Crippen molar-refractivity contribution in [1.82, 2.24) is 9.80 Å². The first-order valence-corrected chi connectivity index (χ1v) is 7.37. The van der Waals surface area contributed by atoms with Crippen molar-refractivity contribution in [3.8, 4) is 0 Å². The van der Waals surface area contributed by atoms with Gasteiger partial charge >= 0.3 is 5.97 Å². The molecule has 21 heavy (non-hydrogen) atoms. The Morgan fingerprint density at radius 1 is 1.33 bits per heavy atom. The Bertz CT molecular complexity index is 490. The lowest BCUT2D eigenvalue weighted by atomic mass is 10.1. The summed E-state index contributed by atoms with van der Waals surface area (Å²) in [6, 6.07) is 9.90. The monoisotopic (exact) mass is 290 g/mol. The van der Waals surface area contributed by atoms with E-state index in [2.05, 4.69) is 0 Å². The smallest absolute Gasteiger partial charge is 0.307 e. The van der Waals surface area contributed by atoms with Crippen molar-refractivity contribution < 1.29 is 14.7 Å². The fourth-order valence-electron chi connectivity index (χ4n) is 2.65. The zero-order chi connectivity index (χ0) is 15.2. The Morgan fingerprint density at radius 3 is 2.62 bits per heavy atom. The van der Waals surface area contributed by atoms with Crippen molar-refractivity contribution in [2.24, 2.45) is 5.92 Å². The minimum absolute atomic E-state index is 0.0624. The first kappa shape index (κ1) is 15.5. The maximum atomic E-state index is 12.3. The number of likely N-dealkylation sites (tertiary alicyclic amines) is 1. The Kier molecular flexibility index (Phi) is 5.33. The zero-order valence-corrected chi connectivity index (χ0v) is 12.4. The van der Waals surface area contributed by atoms with Crippen LogP contribution in [0, 0.1) is 5.92 Å². The van der Waals surface area contributed by atoms with Gasteiger partial charge in [0.15, 0.2) is 0 Å².